The van der Waals surface area contributed by atoms with Gasteiger partial charge in [-0.3, -0.25) is 14.5 Å². The van der Waals surface area contributed by atoms with Gasteiger partial charge < -0.3 is 4.74 Å². The highest BCUT2D eigenvalue weighted by Gasteiger charge is 2.35. The topological polar surface area (TPSA) is 46.6 Å². The van der Waals surface area contributed by atoms with E-state index in [0.29, 0.717) is 9.93 Å². The summed E-state index contributed by atoms with van der Waals surface area (Å²) in [6.45, 7) is 0.243. The zero-order valence-corrected chi connectivity index (χ0v) is 17.8. The Hall–Kier alpha value is -2.54. The van der Waals surface area contributed by atoms with E-state index in [1.54, 1.807) is 13.2 Å². The number of methoxy groups -OCH3 is 1. The SMILES string of the molecule is COc1ccc(CN2C(=O)S/C(=C\c3cc(-c4ccc(Cl)cc4)cs3)C2=O)cc1. The number of benzene rings is 2. The van der Waals surface area contributed by atoms with Crippen molar-refractivity contribution in [1.29, 1.82) is 0 Å². The van der Waals surface area contributed by atoms with Gasteiger partial charge in [-0.2, -0.15) is 0 Å². The van der Waals surface area contributed by atoms with Gasteiger partial charge in [-0.1, -0.05) is 35.9 Å². The van der Waals surface area contributed by atoms with Crippen molar-refractivity contribution < 1.29 is 14.3 Å². The first-order valence-electron chi connectivity index (χ1n) is 8.76. The number of hydrogen-bond acceptors (Lipinski definition) is 5. The van der Waals surface area contributed by atoms with Crippen molar-refractivity contribution in [2.24, 2.45) is 0 Å². The van der Waals surface area contributed by atoms with Crippen LogP contribution in [0, 0.1) is 0 Å². The minimum absolute atomic E-state index is 0.243. The van der Waals surface area contributed by atoms with Gasteiger partial charge in [0.2, 0.25) is 0 Å². The third kappa shape index (κ3) is 4.40. The van der Waals surface area contributed by atoms with Crippen LogP contribution in [0.25, 0.3) is 17.2 Å². The second-order valence-electron chi connectivity index (χ2n) is 6.36. The first-order valence-corrected chi connectivity index (χ1v) is 10.8. The fourth-order valence-electron chi connectivity index (χ4n) is 2.90. The fraction of sp³-hybridized carbons (Fsp3) is 0.0909. The molecule has 1 fully saturated rings. The summed E-state index contributed by atoms with van der Waals surface area (Å²) in [5.41, 5.74) is 2.98. The Morgan fingerprint density at radius 2 is 1.76 bits per heavy atom. The van der Waals surface area contributed by atoms with Gasteiger partial charge in [-0.05, 0) is 70.2 Å². The summed E-state index contributed by atoms with van der Waals surface area (Å²) in [5, 5.41) is 2.46. The number of amides is 2. The molecule has 1 saturated heterocycles. The normalized spacial score (nSPS) is 15.4. The van der Waals surface area contributed by atoms with E-state index < -0.39 is 0 Å². The summed E-state index contributed by atoms with van der Waals surface area (Å²) in [5.74, 6) is 0.467. The van der Waals surface area contributed by atoms with Crippen molar-refractivity contribution >= 4 is 51.9 Å². The Bertz CT molecular complexity index is 1090. The minimum Gasteiger partial charge on any atom is -0.497 e. The molecule has 2 amide bonds. The lowest BCUT2D eigenvalue weighted by molar-refractivity contribution is -0.123. The van der Waals surface area contributed by atoms with Crippen LogP contribution in [0.4, 0.5) is 4.79 Å². The van der Waals surface area contributed by atoms with Gasteiger partial charge in [0.25, 0.3) is 11.1 Å². The highest BCUT2D eigenvalue weighted by atomic mass is 35.5. The molecular weight excluding hydrogens is 426 g/mol. The van der Waals surface area contributed by atoms with Crippen molar-refractivity contribution in [2.45, 2.75) is 6.54 Å². The maximum Gasteiger partial charge on any atom is 0.293 e. The molecule has 4 nitrogen and oxygen atoms in total. The lowest BCUT2D eigenvalue weighted by Crippen LogP contribution is -2.27. The molecule has 4 rings (SSSR count). The second kappa shape index (κ2) is 8.45. The van der Waals surface area contributed by atoms with Gasteiger partial charge in [0.1, 0.15) is 5.75 Å². The molecule has 0 bridgehead atoms. The smallest absolute Gasteiger partial charge is 0.293 e. The summed E-state index contributed by atoms with van der Waals surface area (Å²) in [4.78, 5) is 27.7. The molecule has 0 radical (unpaired) electrons. The number of imide groups is 1. The number of carbonyl (C=O) groups excluding carboxylic acids is 2. The molecule has 146 valence electrons. The van der Waals surface area contributed by atoms with Gasteiger partial charge in [-0.25, -0.2) is 0 Å². The van der Waals surface area contributed by atoms with Gasteiger partial charge >= 0.3 is 0 Å². The number of rotatable bonds is 5. The molecule has 1 aliphatic rings. The van der Waals surface area contributed by atoms with Crippen LogP contribution in [-0.2, 0) is 11.3 Å². The van der Waals surface area contributed by atoms with E-state index >= 15 is 0 Å². The maximum absolute atomic E-state index is 12.7. The number of thiophene rings is 1. The van der Waals surface area contributed by atoms with Crippen LogP contribution >= 0.6 is 34.7 Å². The summed E-state index contributed by atoms with van der Waals surface area (Å²) in [7, 11) is 1.60. The largest absolute Gasteiger partial charge is 0.497 e. The van der Waals surface area contributed by atoms with Gasteiger partial charge in [0.05, 0.1) is 18.6 Å². The quantitative estimate of drug-likeness (QED) is 0.435. The second-order valence-corrected chi connectivity index (χ2v) is 8.73. The fourth-order valence-corrected chi connectivity index (χ4v) is 4.78. The molecule has 2 heterocycles. The molecule has 2 aromatic carbocycles. The average molecular weight is 442 g/mol. The number of nitrogens with zero attached hydrogens (tertiary/aromatic N) is 1. The molecule has 1 aliphatic heterocycles. The van der Waals surface area contributed by atoms with E-state index in [4.69, 9.17) is 16.3 Å². The number of carbonyl (C=O) groups is 2. The Labute approximate surface area is 181 Å². The summed E-state index contributed by atoms with van der Waals surface area (Å²) in [6, 6.07) is 16.9. The predicted molar refractivity (Wildman–Crippen MR) is 119 cm³/mol. The van der Waals surface area contributed by atoms with Crippen LogP contribution in [0.5, 0.6) is 5.75 Å². The van der Waals surface area contributed by atoms with Crippen molar-refractivity contribution in [2.75, 3.05) is 7.11 Å². The predicted octanol–water partition coefficient (Wildman–Crippen LogP) is 6.31. The zero-order valence-electron chi connectivity index (χ0n) is 15.4. The van der Waals surface area contributed by atoms with Gasteiger partial charge in [-0.15, -0.1) is 11.3 Å². The van der Waals surface area contributed by atoms with Gasteiger partial charge in [0.15, 0.2) is 0 Å². The average Bonchev–Trinajstić information content (AvgIpc) is 3.29. The number of thioether (sulfide) groups is 1. The number of hydrogen-bond donors (Lipinski definition) is 0. The Morgan fingerprint density at radius 3 is 2.45 bits per heavy atom. The van der Waals surface area contributed by atoms with Gasteiger partial charge in [0, 0.05) is 9.90 Å². The maximum atomic E-state index is 12.7. The van der Waals surface area contributed by atoms with E-state index in [1.165, 1.54) is 16.2 Å². The molecule has 7 heteroatoms. The number of halogens is 1. The Morgan fingerprint density at radius 1 is 1.03 bits per heavy atom. The molecule has 0 spiro atoms. The molecular formula is C22H16ClNO3S2. The van der Waals surface area contributed by atoms with E-state index in [2.05, 4.69) is 0 Å². The third-order valence-corrected chi connectivity index (χ3v) is 6.48. The zero-order chi connectivity index (χ0) is 20.4. The Balaban J connectivity index is 1.50. The van der Waals surface area contributed by atoms with Crippen LogP contribution in [0.1, 0.15) is 10.4 Å². The lowest BCUT2D eigenvalue weighted by atomic mass is 10.1. The van der Waals surface area contributed by atoms with E-state index in [9.17, 15) is 9.59 Å². The molecule has 0 N–H and O–H groups in total. The molecule has 0 atom stereocenters. The molecule has 0 unspecified atom stereocenters. The summed E-state index contributed by atoms with van der Waals surface area (Å²) < 4.78 is 5.14. The van der Waals surface area contributed by atoms with Crippen molar-refractivity contribution in [3.05, 3.63) is 80.3 Å². The van der Waals surface area contributed by atoms with Crippen LogP contribution in [-0.4, -0.2) is 23.2 Å². The monoisotopic (exact) mass is 441 g/mol. The van der Waals surface area contributed by atoms with Crippen LogP contribution in [0.15, 0.2) is 64.9 Å². The highest BCUT2D eigenvalue weighted by Crippen LogP contribution is 2.35. The first kappa shape index (κ1) is 19.8. The minimum atomic E-state index is -0.266. The van der Waals surface area contributed by atoms with Crippen LogP contribution < -0.4 is 4.74 Å². The molecule has 29 heavy (non-hydrogen) atoms. The molecule has 0 aliphatic carbocycles. The van der Waals surface area contributed by atoms with Crippen LogP contribution in [0.3, 0.4) is 0 Å². The molecule has 0 saturated carbocycles. The van der Waals surface area contributed by atoms with E-state index in [-0.39, 0.29) is 17.7 Å². The Kier molecular flexibility index (Phi) is 5.76. The standard InChI is InChI=1S/C22H16ClNO3S2/c1-27-18-8-2-14(3-9-18)12-24-21(25)20(29-22(24)26)11-19-10-16(13-28-19)15-4-6-17(23)7-5-15/h2-11,13H,12H2,1H3/b20-11-. The van der Waals surface area contributed by atoms with E-state index in [0.717, 1.165) is 39.1 Å². The number of ether oxygens (including phenoxy) is 1. The highest BCUT2D eigenvalue weighted by molar-refractivity contribution is 8.18. The lowest BCUT2D eigenvalue weighted by Gasteiger charge is -2.12. The first-order chi connectivity index (χ1) is 14.0. The molecule has 1 aromatic heterocycles. The van der Waals surface area contributed by atoms with E-state index in [1.807, 2.05) is 60.0 Å². The summed E-state index contributed by atoms with van der Waals surface area (Å²) >= 11 is 8.45. The third-order valence-electron chi connectivity index (χ3n) is 4.44. The van der Waals surface area contributed by atoms with Crippen molar-refractivity contribution in [1.82, 2.24) is 4.90 Å². The van der Waals surface area contributed by atoms with Crippen LogP contribution in [0.2, 0.25) is 5.02 Å². The molecule has 3 aromatic rings. The van der Waals surface area contributed by atoms with Crippen molar-refractivity contribution in [3.8, 4) is 16.9 Å². The summed E-state index contributed by atoms with van der Waals surface area (Å²) in [6.07, 6.45) is 1.78. The van der Waals surface area contributed by atoms with Crippen molar-refractivity contribution in [3.63, 3.8) is 0 Å².